The molecule has 0 saturated carbocycles. The van der Waals surface area contributed by atoms with Gasteiger partial charge in [0.1, 0.15) is 0 Å². The Labute approximate surface area is 73.7 Å². The van der Waals surface area contributed by atoms with Crippen molar-refractivity contribution in [2.75, 3.05) is 6.61 Å². The monoisotopic (exact) mass is 192 g/mol. The number of H-pyrrole nitrogens is 2. The van der Waals surface area contributed by atoms with E-state index >= 15 is 0 Å². The summed E-state index contributed by atoms with van der Waals surface area (Å²) in [7, 11) is 0. The van der Waals surface area contributed by atoms with Crippen LogP contribution in [0.5, 0.6) is 0 Å². The molecule has 1 heterocycles. The van der Waals surface area contributed by atoms with Crippen LogP contribution in [0, 0.1) is 0 Å². The van der Waals surface area contributed by atoms with Crippen LogP contribution in [0.4, 0.5) is 0 Å². The number of carbonyl (C=O) groups is 1. The van der Waals surface area contributed by atoms with E-state index in [9.17, 15) is 9.59 Å². The van der Waals surface area contributed by atoms with Crippen LogP contribution >= 0.6 is 0 Å². The van der Waals surface area contributed by atoms with E-state index < -0.39 is 11.7 Å². The third-order valence-electron chi connectivity index (χ3n) is 0.970. The average molecular weight is 193 g/mol. The van der Waals surface area contributed by atoms with Crippen LogP contribution in [0.1, 0.15) is 17.5 Å². The maximum absolute atomic E-state index is 10.8. The molecular weight excluding hydrogens is 186 g/mol. The number of rotatable bonds is 2. The maximum atomic E-state index is 10.8. The highest BCUT2D eigenvalue weighted by Crippen LogP contribution is 1.86. The van der Waals surface area contributed by atoms with Gasteiger partial charge in [0.25, 0.3) is 0 Å². The molecule has 0 aliphatic heterocycles. The lowest BCUT2D eigenvalue weighted by Crippen LogP contribution is -3.00. The smallest absolute Gasteiger partial charge is 0.376 e. The molecule has 2 N–H and O–H groups in total. The van der Waals surface area contributed by atoms with Crippen molar-refractivity contribution in [2.24, 2.45) is 0 Å². The van der Waals surface area contributed by atoms with Gasteiger partial charge in [-0.05, 0) is 6.92 Å². The standard InChI is InChI=1S/C5H7N3O3.ClH/c1-2-11-4(9)3-6-5(10)8-7-3;/h2H2,1H3,(H2,6,7,8,10);1H/p-1. The van der Waals surface area contributed by atoms with Crippen molar-refractivity contribution in [2.45, 2.75) is 6.92 Å². The summed E-state index contributed by atoms with van der Waals surface area (Å²) in [6.45, 7) is 1.93. The molecule has 0 aromatic carbocycles. The van der Waals surface area contributed by atoms with E-state index in [1.807, 2.05) is 5.10 Å². The van der Waals surface area contributed by atoms with Crippen molar-refractivity contribution in [3.05, 3.63) is 16.3 Å². The lowest BCUT2D eigenvalue weighted by molar-refractivity contribution is -0.0000206. The number of hydrogen-bond donors (Lipinski definition) is 2. The molecule has 0 unspecified atom stereocenters. The topological polar surface area (TPSA) is 87.8 Å². The Balaban J connectivity index is 0.00000121. The molecule has 0 spiro atoms. The van der Waals surface area contributed by atoms with E-state index in [0.29, 0.717) is 0 Å². The molecule has 0 atom stereocenters. The fraction of sp³-hybridized carbons (Fsp3) is 0.400. The van der Waals surface area contributed by atoms with Gasteiger partial charge in [-0.15, -0.1) is 5.10 Å². The molecule has 6 nitrogen and oxygen atoms in total. The molecule has 0 amide bonds. The number of nitrogens with one attached hydrogen (secondary N) is 2. The Morgan fingerprint density at radius 2 is 2.33 bits per heavy atom. The van der Waals surface area contributed by atoms with Crippen LogP contribution in [0.15, 0.2) is 4.79 Å². The summed E-state index contributed by atoms with van der Waals surface area (Å²) >= 11 is 0. The number of nitrogens with zero attached hydrogens (tertiary/aromatic N) is 1. The fourth-order valence-corrected chi connectivity index (χ4v) is 0.566. The van der Waals surface area contributed by atoms with Gasteiger partial charge in [0.2, 0.25) is 5.82 Å². The van der Waals surface area contributed by atoms with Gasteiger partial charge in [-0.3, -0.25) is 4.98 Å². The van der Waals surface area contributed by atoms with Crippen molar-refractivity contribution >= 4 is 5.97 Å². The number of halogens is 1. The Kier molecular flexibility index (Phi) is 4.06. The molecule has 1 aromatic heterocycles. The summed E-state index contributed by atoms with van der Waals surface area (Å²) in [5.74, 6) is -0.734. The second kappa shape index (κ2) is 4.55. The highest BCUT2D eigenvalue weighted by molar-refractivity contribution is 5.84. The van der Waals surface area contributed by atoms with Gasteiger partial charge in [-0.25, -0.2) is 14.7 Å². The quantitative estimate of drug-likeness (QED) is 0.472. The number of hydrogen-bond acceptors (Lipinski definition) is 4. The lowest BCUT2D eigenvalue weighted by atomic mass is 10.6. The Morgan fingerprint density at radius 1 is 1.67 bits per heavy atom. The molecule has 68 valence electrons. The van der Waals surface area contributed by atoms with Crippen LogP contribution in [0.3, 0.4) is 0 Å². The summed E-state index contributed by atoms with van der Waals surface area (Å²) < 4.78 is 4.55. The van der Waals surface area contributed by atoms with Gasteiger partial charge in [0.05, 0.1) is 6.61 Å². The second-order valence-electron chi connectivity index (χ2n) is 1.75. The largest absolute Gasteiger partial charge is 1.00 e. The minimum absolute atomic E-state index is 0. The Bertz CT molecular complexity index is 305. The SMILES string of the molecule is CCOC(=O)c1n[nH]c(=O)[nH]1.[Cl-]. The zero-order valence-electron chi connectivity index (χ0n) is 6.26. The van der Waals surface area contributed by atoms with E-state index in [1.54, 1.807) is 6.92 Å². The molecular formula is C5H7ClN3O3-. The number of aromatic nitrogens is 3. The molecule has 0 aliphatic carbocycles. The van der Waals surface area contributed by atoms with Gasteiger partial charge in [0.15, 0.2) is 0 Å². The van der Waals surface area contributed by atoms with Crippen molar-refractivity contribution in [3.63, 3.8) is 0 Å². The maximum Gasteiger partial charge on any atom is 0.376 e. The molecule has 1 aromatic rings. The summed E-state index contributed by atoms with van der Waals surface area (Å²) in [6.07, 6.45) is 0. The highest BCUT2D eigenvalue weighted by atomic mass is 35.5. The zero-order valence-corrected chi connectivity index (χ0v) is 7.01. The van der Waals surface area contributed by atoms with Crippen LogP contribution in [0.2, 0.25) is 0 Å². The normalized spacial score (nSPS) is 8.75. The van der Waals surface area contributed by atoms with Crippen LogP contribution < -0.4 is 18.1 Å². The van der Waals surface area contributed by atoms with Crippen LogP contribution in [-0.2, 0) is 4.74 Å². The fourth-order valence-electron chi connectivity index (χ4n) is 0.566. The predicted octanol–water partition coefficient (Wildman–Crippen LogP) is -3.72. The predicted molar refractivity (Wildman–Crippen MR) is 35.2 cm³/mol. The van der Waals surface area contributed by atoms with E-state index in [-0.39, 0.29) is 24.8 Å². The third-order valence-corrected chi connectivity index (χ3v) is 0.970. The number of carbonyl (C=O) groups excluding carboxylic acids is 1. The van der Waals surface area contributed by atoms with E-state index in [4.69, 9.17) is 0 Å². The molecule has 0 aliphatic rings. The first kappa shape index (κ1) is 10.7. The second-order valence-corrected chi connectivity index (χ2v) is 1.75. The van der Waals surface area contributed by atoms with Crippen molar-refractivity contribution in [3.8, 4) is 0 Å². The van der Waals surface area contributed by atoms with Crippen molar-refractivity contribution < 1.29 is 21.9 Å². The van der Waals surface area contributed by atoms with Gasteiger partial charge in [0, 0.05) is 0 Å². The molecule has 1 rings (SSSR count). The zero-order chi connectivity index (χ0) is 8.27. The number of esters is 1. The van der Waals surface area contributed by atoms with Crippen molar-refractivity contribution in [1.29, 1.82) is 0 Å². The summed E-state index contributed by atoms with van der Waals surface area (Å²) in [6, 6.07) is 0. The highest BCUT2D eigenvalue weighted by Gasteiger charge is 2.09. The third kappa shape index (κ3) is 2.39. The van der Waals surface area contributed by atoms with Gasteiger partial charge >= 0.3 is 11.7 Å². The molecule has 0 radical (unpaired) electrons. The minimum Gasteiger partial charge on any atom is -1.00 e. The minimum atomic E-state index is -0.633. The van der Waals surface area contributed by atoms with E-state index in [0.717, 1.165) is 0 Å². The molecule has 0 fully saturated rings. The van der Waals surface area contributed by atoms with Gasteiger partial charge in [-0.2, -0.15) is 0 Å². The number of aromatic amines is 2. The molecule has 12 heavy (non-hydrogen) atoms. The van der Waals surface area contributed by atoms with E-state index in [2.05, 4.69) is 14.8 Å². The van der Waals surface area contributed by atoms with Gasteiger partial charge in [-0.1, -0.05) is 0 Å². The Morgan fingerprint density at radius 3 is 2.75 bits per heavy atom. The molecule has 7 heteroatoms. The summed E-state index contributed by atoms with van der Waals surface area (Å²) in [4.78, 5) is 23.4. The first-order chi connectivity index (χ1) is 5.24. The molecule has 0 bridgehead atoms. The average Bonchev–Trinajstić information content (AvgIpc) is 2.36. The first-order valence-electron chi connectivity index (χ1n) is 3.06. The summed E-state index contributed by atoms with van der Waals surface area (Å²) in [5.41, 5.74) is -0.520. The molecule has 0 saturated heterocycles. The summed E-state index contributed by atoms with van der Waals surface area (Å²) in [5, 5.41) is 5.41. The van der Waals surface area contributed by atoms with Crippen molar-refractivity contribution in [1.82, 2.24) is 15.2 Å². The van der Waals surface area contributed by atoms with E-state index in [1.165, 1.54) is 0 Å². The lowest BCUT2D eigenvalue weighted by Gasteiger charge is -1.94. The van der Waals surface area contributed by atoms with Crippen LogP contribution in [0.25, 0.3) is 0 Å². The van der Waals surface area contributed by atoms with Gasteiger partial charge < -0.3 is 17.1 Å². The first-order valence-corrected chi connectivity index (χ1v) is 3.06. The van der Waals surface area contributed by atoms with Crippen LogP contribution in [-0.4, -0.2) is 27.8 Å². The number of ether oxygens (including phenoxy) is 1. The Hall–Kier alpha value is -1.30.